The van der Waals surface area contributed by atoms with E-state index in [0.717, 1.165) is 0 Å². The first-order chi connectivity index (χ1) is 12.8. The van der Waals surface area contributed by atoms with Gasteiger partial charge in [0.05, 0.1) is 0 Å². The second-order valence-corrected chi connectivity index (χ2v) is 9.30. The molecule has 0 aliphatic heterocycles. The summed E-state index contributed by atoms with van der Waals surface area (Å²) in [6.45, 7) is 11.5. The van der Waals surface area contributed by atoms with Crippen LogP contribution in [0, 0.1) is 0 Å². The number of hydrogen-bond acceptors (Lipinski definition) is 0. The monoisotopic (exact) mass is 350 g/mol. The summed E-state index contributed by atoms with van der Waals surface area (Å²) in [4.78, 5) is 0. The predicted octanol–water partition coefficient (Wildman–Crippen LogP) is 8.16. The molecule has 0 amide bonds. The van der Waals surface area contributed by atoms with Gasteiger partial charge in [0.2, 0.25) is 0 Å². The molecule has 134 valence electrons. The molecule has 5 rings (SSSR count). The Balaban J connectivity index is 2.10. The predicted molar refractivity (Wildman–Crippen MR) is 120 cm³/mol. The van der Waals surface area contributed by atoms with Crippen molar-refractivity contribution in [2.45, 2.75) is 46.0 Å². The molecular formula is C27H26. The molecule has 0 nitrogen and oxygen atoms in total. The van der Waals surface area contributed by atoms with Gasteiger partial charge in [-0.2, -0.15) is 0 Å². The summed E-state index contributed by atoms with van der Waals surface area (Å²) in [5.74, 6) is 0.526. The zero-order chi connectivity index (χ0) is 18.9. The van der Waals surface area contributed by atoms with Crippen molar-refractivity contribution < 1.29 is 0 Å². The third-order valence-electron chi connectivity index (χ3n) is 6.09. The van der Waals surface area contributed by atoms with Crippen molar-refractivity contribution in [1.82, 2.24) is 0 Å². The average Bonchev–Trinajstić information content (AvgIpc) is 2.64. The molecule has 0 aliphatic rings. The molecule has 27 heavy (non-hydrogen) atoms. The molecule has 0 aromatic heterocycles. The van der Waals surface area contributed by atoms with E-state index >= 15 is 0 Å². The van der Waals surface area contributed by atoms with Crippen LogP contribution in [-0.2, 0) is 5.41 Å². The molecule has 0 N–H and O–H groups in total. The highest BCUT2D eigenvalue weighted by Gasteiger charge is 2.19. The maximum absolute atomic E-state index is 2.43. The third kappa shape index (κ3) is 2.36. The van der Waals surface area contributed by atoms with Gasteiger partial charge in [0.15, 0.2) is 0 Å². The van der Waals surface area contributed by atoms with Crippen molar-refractivity contribution in [3.63, 3.8) is 0 Å². The molecule has 0 fully saturated rings. The van der Waals surface area contributed by atoms with Gasteiger partial charge >= 0.3 is 0 Å². The molecule has 0 radical (unpaired) electrons. The highest BCUT2D eigenvalue weighted by Crippen LogP contribution is 2.43. The minimum Gasteiger partial charge on any atom is -0.0610 e. The molecule has 0 unspecified atom stereocenters. The number of hydrogen-bond donors (Lipinski definition) is 0. The Hall–Kier alpha value is -2.60. The van der Waals surface area contributed by atoms with Gasteiger partial charge in [-0.1, -0.05) is 89.2 Å². The first-order valence-electron chi connectivity index (χ1n) is 9.99. The van der Waals surface area contributed by atoms with Crippen LogP contribution in [0.25, 0.3) is 43.1 Å². The fraction of sp³-hybridized carbons (Fsp3) is 0.259. The minimum atomic E-state index is 0.135. The highest BCUT2D eigenvalue weighted by molar-refractivity contribution is 6.33. The quantitative estimate of drug-likeness (QED) is 0.211. The lowest BCUT2D eigenvalue weighted by molar-refractivity contribution is 0.592. The van der Waals surface area contributed by atoms with E-state index in [1.807, 2.05) is 0 Å². The van der Waals surface area contributed by atoms with Gasteiger partial charge in [0, 0.05) is 0 Å². The van der Waals surface area contributed by atoms with Crippen molar-refractivity contribution in [2.75, 3.05) is 0 Å². The second-order valence-electron chi connectivity index (χ2n) is 9.30. The molecule has 0 atom stereocenters. The maximum atomic E-state index is 2.43. The van der Waals surface area contributed by atoms with Gasteiger partial charge in [-0.05, 0) is 71.6 Å². The van der Waals surface area contributed by atoms with Crippen molar-refractivity contribution in [3.8, 4) is 0 Å². The van der Waals surface area contributed by atoms with Crippen molar-refractivity contribution in [1.29, 1.82) is 0 Å². The smallest absolute Gasteiger partial charge is 0.00262 e. The third-order valence-corrected chi connectivity index (χ3v) is 6.09. The van der Waals surface area contributed by atoms with Crippen LogP contribution >= 0.6 is 0 Å². The normalized spacial score (nSPS) is 13.0. The van der Waals surface area contributed by atoms with E-state index in [-0.39, 0.29) is 5.41 Å². The lowest BCUT2D eigenvalue weighted by Crippen LogP contribution is -2.10. The van der Waals surface area contributed by atoms with Crippen LogP contribution in [-0.4, -0.2) is 0 Å². The topological polar surface area (TPSA) is 0 Å². The van der Waals surface area contributed by atoms with Crippen LogP contribution in [0.15, 0.2) is 60.7 Å². The van der Waals surface area contributed by atoms with Crippen LogP contribution in [0.2, 0.25) is 0 Å². The van der Waals surface area contributed by atoms with Crippen molar-refractivity contribution in [2.24, 2.45) is 0 Å². The van der Waals surface area contributed by atoms with Gasteiger partial charge in [0.25, 0.3) is 0 Å². The van der Waals surface area contributed by atoms with Crippen molar-refractivity contribution >= 4 is 43.1 Å². The number of benzene rings is 5. The van der Waals surface area contributed by atoms with Gasteiger partial charge < -0.3 is 0 Å². The summed E-state index contributed by atoms with van der Waals surface area (Å²) in [6, 6.07) is 23.2. The zero-order valence-electron chi connectivity index (χ0n) is 16.9. The van der Waals surface area contributed by atoms with E-state index in [1.54, 1.807) is 0 Å². The summed E-state index contributed by atoms with van der Waals surface area (Å²) < 4.78 is 0. The summed E-state index contributed by atoms with van der Waals surface area (Å²) in [5, 5.41) is 11.1. The van der Waals surface area contributed by atoms with Gasteiger partial charge in [0.1, 0.15) is 0 Å². The van der Waals surface area contributed by atoms with E-state index in [4.69, 9.17) is 0 Å². The van der Waals surface area contributed by atoms with E-state index in [1.165, 1.54) is 54.2 Å². The maximum Gasteiger partial charge on any atom is -0.00262 e. The average molecular weight is 351 g/mol. The molecule has 0 aliphatic carbocycles. The second kappa shape index (κ2) is 5.45. The standard InChI is InChI=1S/C27H26/c1-16(2)19-12-17-8-6-11-22-24-15-20(27(3,4)5)13-18-9-7-10-21(26(18)24)23(14-19)25(17)22/h6-16H,1-5H3. The Morgan fingerprint density at radius 1 is 0.630 bits per heavy atom. The minimum absolute atomic E-state index is 0.135. The summed E-state index contributed by atoms with van der Waals surface area (Å²) >= 11 is 0. The fourth-order valence-corrected chi connectivity index (χ4v) is 4.52. The largest absolute Gasteiger partial charge is 0.0610 e. The van der Waals surface area contributed by atoms with Crippen molar-refractivity contribution in [3.05, 3.63) is 71.8 Å². The van der Waals surface area contributed by atoms with Crippen LogP contribution in [0.1, 0.15) is 51.7 Å². The Bertz CT molecular complexity index is 1310. The molecule has 5 aromatic rings. The molecule has 0 saturated carbocycles. The summed E-state index contributed by atoms with van der Waals surface area (Å²) in [6.07, 6.45) is 0. The Kier molecular flexibility index (Phi) is 3.35. The van der Waals surface area contributed by atoms with E-state index in [2.05, 4.69) is 95.3 Å². The molecule has 0 heterocycles. The van der Waals surface area contributed by atoms with E-state index in [9.17, 15) is 0 Å². The number of fused-ring (bicyclic) bond motifs is 2. The molecule has 0 heteroatoms. The Labute approximate surface area is 161 Å². The van der Waals surface area contributed by atoms with Crippen LogP contribution < -0.4 is 0 Å². The highest BCUT2D eigenvalue weighted by atomic mass is 14.2. The summed E-state index contributed by atoms with van der Waals surface area (Å²) in [7, 11) is 0. The zero-order valence-corrected chi connectivity index (χ0v) is 16.9. The lowest BCUT2D eigenvalue weighted by Gasteiger charge is -2.22. The first-order valence-corrected chi connectivity index (χ1v) is 9.99. The molecule has 5 aromatic carbocycles. The Morgan fingerprint density at radius 3 is 1.74 bits per heavy atom. The van der Waals surface area contributed by atoms with Gasteiger partial charge in [-0.3, -0.25) is 0 Å². The van der Waals surface area contributed by atoms with E-state index in [0.29, 0.717) is 5.92 Å². The van der Waals surface area contributed by atoms with Gasteiger partial charge in [-0.15, -0.1) is 0 Å². The van der Waals surface area contributed by atoms with Crippen LogP contribution in [0.3, 0.4) is 0 Å². The molecule has 0 bridgehead atoms. The van der Waals surface area contributed by atoms with Crippen LogP contribution in [0.4, 0.5) is 0 Å². The van der Waals surface area contributed by atoms with Gasteiger partial charge in [-0.25, -0.2) is 0 Å². The SMILES string of the molecule is CC(C)c1cc2cccc3c4cc(C(C)(C)C)cc5cccc(c(c1)c23)c54. The van der Waals surface area contributed by atoms with Crippen LogP contribution in [0.5, 0.6) is 0 Å². The molecule has 0 saturated heterocycles. The molecule has 0 spiro atoms. The molecular weight excluding hydrogens is 324 g/mol. The lowest BCUT2D eigenvalue weighted by atomic mass is 9.81. The van der Waals surface area contributed by atoms with E-state index < -0.39 is 0 Å². The number of rotatable bonds is 1. The summed E-state index contributed by atoms with van der Waals surface area (Å²) in [5.41, 5.74) is 2.96. The fourth-order valence-electron chi connectivity index (χ4n) is 4.52. The Morgan fingerprint density at radius 2 is 1.19 bits per heavy atom. The first kappa shape index (κ1) is 16.6.